The molecule has 1 aromatic carbocycles. The third-order valence-electron chi connectivity index (χ3n) is 0.671. The standard InChI is InChI=1S/C6H4Cl.ClH.Zn/c7-6-4-2-1-3-5-6;;/h1-4H;1H;/q-1;;. The minimum Gasteiger partial charge on any atom is -0.176 e. The summed E-state index contributed by atoms with van der Waals surface area (Å²) in [4.78, 5) is 0. The molecule has 0 unspecified atom stereocenters. The first-order chi connectivity index (χ1) is 3.39. The van der Waals surface area contributed by atoms with Gasteiger partial charge in [-0.3, -0.25) is 0 Å². The van der Waals surface area contributed by atoms with Crippen LogP contribution in [0.3, 0.4) is 0 Å². The average Bonchev–Trinajstić information content (AvgIpc) is 1.69. The van der Waals surface area contributed by atoms with Gasteiger partial charge >= 0.3 is 0 Å². The summed E-state index contributed by atoms with van der Waals surface area (Å²) in [6.07, 6.45) is 0. The van der Waals surface area contributed by atoms with Crippen molar-refractivity contribution in [3.63, 3.8) is 0 Å². The van der Waals surface area contributed by atoms with E-state index in [1.165, 1.54) is 0 Å². The third kappa shape index (κ3) is 4.90. The summed E-state index contributed by atoms with van der Waals surface area (Å²) in [6.45, 7) is 0. The van der Waals surface area contributed by atoms with Gasteiger partial charge in [-0.25, -0.2) is 0 Å². The van der Waals surface area contributed by atoms with Crippen LogP contribution < -0.4 is 0 Å². The van der Waals surface area contributed by atoms with Gasteiger partial charge in [0, 0.05) is 19.5 Å². The SMILES string of the molecule is Cl.Clc1[c-]cccc1.[Zn]. The fraction of sp³-hybridized carbons (Fsp3) is 0. The molecule has 0 saturated heterocycles. The van der Waals surface area contributed by atoms with Crippen molar-refractivity contribution in [2.75, 3.05) is 0 Å². The van der Waals surface area contributed by atoms with E-state index in [1.807, 2.05) is 12.1 Å². The zero-order valence-corrected chi connectivity index (χ0v) is 9.34. The fourth-order valence-electron chi connectivity index (χ4n) is 0.371. The molecule has 0 atom stereocenters. The second-order valence-corrected chi connectivity index (χ2v) is 1.62. The van der Waals surface area contributed by atoms with Gasteiger partial charge in [0.05, 0.1) is 0 Å². The van der Waals surface area contributed by atoms with Crippen molar-refractivity contribution in [1.29, 1.82) is 0 Å². The first-order valence-corrected chi connectivity index (χ1v) is 2.39. The summed E-state index contributed by atoms with van der Waals surface area (Å²) in [5.74, 6) is 0. The Kier molecular flexibility index (Phi) is 8.82. The Morgan fingerprint density at radius 1 is 1.33 bits per heavy atom. The molecule has 0 aliphatic heterocycles. The van der Waals surface area contributed by atoms with Crippen LogP contribution >= 0.6 is 24.0 Å². The van der Waals surface area contributed by atoms with E-state index in [4.69, 9.17) is 11.6 Å². The molecule has 1 rings (SSSR count). The molecule has 0 amide bonds. The maximum Gasteiger partial charge on any atom is 0 e. The molecular formula is C6H5Cl2Zn-. The van der Waals surface area contributed by atoms with E-state index < -0.39 is 0 Å². The molecule has 0 aliphatic rings. The van der Waals surface area contributed by atoms with Gasteiger partial charge in [0.15, 0.2) is 0 Å². The van der Waals surface area contributed by atoms with Crippen LogP contribution in [0.1, 0.15) is 0 Å². The second kappa shape index (κ2) is 6.54. The summed E-state index contributed by atoms with van der Waals surface area (Å²) in [5, 5.41) is 0.669. The largest absolute Gasteiger partial charge is 0.176 e. The van der Waals surface area contributed by atoms with E-state index in [0.717, 1.165) is 0 Å². The number of benzene rings is 1. The molecule has 0 heterocycles. The van der Waals surface area contributed by atoms with Crippen molar-refractivity contribution in [2.24, 2.45) is 0 Å². The van der Waals surface area contributed by atoms with Crippen molar-refractivity contribution >= 4 is 24.0 Å². The topological polar surface area (TPSA) is 0 Å². The molecule has 46 valence electrons. The van der Waals surface area contributed by atoms with E-state index in [-0.39, 0.29) is 31.9 Å². The van der Waals surface area contributed by atoms with Crippen LogP contribution in [-0.4, -0.2) is 0 Å². The van der Waals surface area contributed by atoms with E-state index in [2.05, 4.69) is 6.07 Å². The van der Waals surface area contributed by atoms with Crippen molar-refractivity contribution in [3.05, 3.63) is 35.4 Å². The first kappa shape index (κ1) is 12.1. The molecule has 0 N–H and O–H groups in total. The van der Waals surface area contributed by atoms with Crippen LogP contribution in [0.15, 0.2) is 24.3 Å². The Morgan fingerprint density at radius 3 is 2.22 bits per heavy atom. The van der Waals surface area contributed by atoms with Crippen LogP contribution in [-0.2, 0) is 19.5 Å². The maximum atomic E-state index is 5.48. The van der Waals surface area contributed by atoms with Crippen LogP contribution in [0.5, 0.6) is 0 Å². The molecule has 0 aliphatic carbocycles. The van der Waals surface area contributed by atoms with Gasteiger partial charge in [0.25, 0.3) is 0 Å². The van der Waals surface area contributed by atoms with Gasteiger partial charge in [-0.1, -0.05) is 5.02 Å². The van der Waals surface area contributed by atoms with E-state index >= 15 is 0 Å². The monoisotopic (exact) mass is 211 g/mol. The van der Waals surface area contributed by atoms with Crippen molar-refractivity contribution in [2.45, 2.75) is 0 Å². The predicted octanol–water partition coefficient (Wildman–Crippen LogP) is 2.56. The normalized spacial score (nSPS) is 6.78. The third-order valence-corrected chi connectivity index (χ3v) is 0.906. The summed E-state index contributed by atoms with van der Waals surface area (Å²) < 4.78 is 0. The quantitative estimate of drug-likeness (QED) is 0.459. The Bertz CT molecular complexity index is 141. The fourth-order valence-corrected chi connectivity index (χ4v) is 0.507. The summed E-state index contributed by atoms with van der Waals surface area (Å²) in [6, 6.07) is 10.1. The number of hydrogen-bond donors (Lipinski definition) is 0. The summed E-state index contributed by atoms with van der Waals surface area (Å²) >= 11 is 5.48. The summed E-state index contributed by atoms with van der Waals surface area (Å²) in [7, 11) is 0. The van der Waals surface area contributed by atoms with Crippen molar-refractivity contribution < 1.29 is 19.5 Å². The van der Waals surface area contributed by atoms with Crippen LogP contribution in [0.2, 0.25) is 5.02 Å². The first-order valence-electron chi connectivity index (χ1n) is 2.02. The molecule has 0 nitrogen and oxygen atoms in total. The smallest absolute Gasteiger partial charge is 0 e. The molecular weight excluding hydrogens is 208 g/mol. The van der Waals surface area contributed by atoms with Gasteiger partial charge in [0.1, 0.15) is 0 Å². The Balaban J connectivity index is 0. The molecule has 9 heavy (non-hydrogen) atoms. The molecule has 0 fully saturated rings. The Morgan fingerprint density at radius 2 is 2.00 bits per heavy atom. The second-order valence-electron chi connectivity index (χ2n) is 1.21. The number of hydrogen-bond acceptors (Lipinski definition) is 0. The van der Waals surface area contributed by atoms with Gasteiger partial charge in [-0.15, -0.1) is 24.0 Å². The van der Waals surface area contributed by atoms with E-state index in [0.29, 0.717) is 5.02 Å². The van der Waals surface area contributed by atoms with E-state index in [1.54, 1.807) is 12.1 Å². The minimum atomic E-state index is 0. The molecule has 0 spiro atoms. The zero-order chi connectivity index (χ0) is 5.11. The van der Waals surface area contributed by atoms with Crippen molar-refractivity contribution in [1.82, 2.24) is 0 Å². The number of halogens is 2. The average molecular weight is 213 g/mol. The van der Waals surface area contributed by atoms with Gasteiger partial charge in [-0.2, -0.15) is 30.3 Å². The van der Waals surface area contributed by atoms with Gasteiger partial charge in [-0.05, 0) is 0 Å². The summed E-state index contributed by atoms with van der Waals surface area (Å²) in [5.41, 5.74) is 0. The molecule has 0 aromatic heterocycles. The molecule has 0 bridgehead atoms. The van der Waals surface area contributed by atoms with Gasteiger partial charge < -0.3 is 0 Å². The Hall–Kier alpha value is 0.423. The number of rotatable bonds is 0. The van der Waals surface area contributed by atoms with Crippen molar-refractivity contribution in [3.8, 4) is 0 Å². The Labute approximate surface area is 78.8 Å². The molecule has 3 heteroatoms. The van der Waals surface area contributed by atoms with E-state index in [9.17, 15) is 0 Å². The van der Waals surface area contributed by atoms with Gasteiger partial charge in [0.2, 0.25) is 0 Å². The maximum absolute atomic E-state index is 5.48. The van der Waals surface area contributed by atoms with Crippen LogP contribution in [0, 0.1) is 6.07 Å². The molecule has 0 saturated carbocycles. The molecule has 0 radical (unpaired) electrons. The van der Waals surface area contributed by atoms with Crippen LogP contribution in [0.4, 0.5) is 0 Å². The zero-order valence-electron chi connectivity index (χ0n) is 4.80. The molecule has 1 aromatic rings. The minimum absolute atomic E-state index is 0. The van der Waals surface area contributed by atoms with Crippen LogP contribution in [0.25, 0.3) is 0 Å². The predicted molar refractivity (Wildman–Crippen MR) is 37.5 cm³/mol.